The fraction of sp³-hybridized carbons (Fsp3) is 0.429. The Morgan fingerprint density at radius 1 is 1.21 bits per heavy atom. The van der Waals surface area contributed by atoms with E-state index >= 15 is 0 Å². The molecule has 1 aromatic carbocycles. The zero-order valence-electron chi connectivity index (χ0n) is 16.2. The predicted molar refractivity (Wildman–Crippen MR) is 108 cm³/mol. The number of sulfonamides is 1. The van der Waals surface area contributed by atoms with Gasteiger partial charge in [0.25, 0.3) is 0 Å². The van der Waals surface area contributed by atoms with Crippen molar-refractivity contribution in [2.24, 2.45) is 5.92 Å². The third kappa shape index (κ3) is 5.17. The molecule has 150 valence electrons. The molecule has 0 saturated carbocycles. The molecule has 1 unspecified atom stereocenters. The minimum Gasteiger partial charge on any atom is -0.341 e. The van der Waals surface area contributed by atoms with Crippen molar-refractivity contribution in [3.05, 3.63) is 60.4 Å². The number of piperidine rings is 1. The molecule has 1 fully saturated rings. The Morgan fingerprint density at radius 2 is 2.00 bits per heavy atom. The van der Waals surface area contributed by atoms with Crippen LogP contribution in [0.4, 0.5) is 0 Å². The number of carbonyl (C=O) groups is 1. The molecule has 2 aromatic rings. The third-order valence-corrected chi connectivity index (χ3v) is 7.08. The first-order valence-corrected chi connectivity index (χ1v) is 11.1. The molecule has 3 rings (SSSR count). The third-order valence-electron chi connectivity index (χ3n) is 5.20. The number of rotatable bonds is 7. The molecule has 1 saturated heterocycles. The SMILES string of the molecule is CN(Cc1cccnc1)C(=O)CCC1CCCN(S(=O)(=O)c2ccccc2)C1. The smallest absolute Gasteiger partial charge is 0.243 e. The highest BCUT2D eigenvalue weighted by Crippen LogP contribution is 2.26. The molecule has 1 aromatic heterocycles. The normalized spacial score (nSPS) is 18.0. The van der Waals surface area contributed by atoms with E-state index < -0.39 is 10.0 Å². The Kier molecular flexibility index (Phi) is 6.80. The molecule has 0 spiro atoms. The molecule has 1 aliphatic heterocycles. The molecule has 6 nitrogen and oxygen atoms in total. The van der Waals surface area contributed by atoms with Crippen LogP contribution in [0, 0.1) is 5.92 Å². The molecule has 1 atom stereocenters. The summed E-state index contributed by atoms with van der Waals surface area (Å²) in [6, 6.07) is 12.4. The van der Waals surface area contributed by atoms with Gasteiger partial charge in [0.15, 0.2) is 0 Å². The second-order valence-electron chi connectivity index (χ2n) is 7.33. The molecule has 1 amide bonds. The summed E-state index contributed by atoms with van der Waals surface area (Å²) in [5.41, 5.74) is 0.996. The fourth-order valence-corrected chi connectivity index (χ4v) is 5.17. The summed E-state index contributed by atoms with van der Waals surface area (Å²) in [6.07, 6.45) is 6.40. The van der Waals surface area contributed by atoms with Gasteiger partial charge < -0.3 is 4.90 Å². The highest BCUT2D eigenvalue weighted by Gasteiger charge is 2.30. The Bertz CT molecular complexity index is 872. The summed E-state index contributed by atoms with van der Waals surface area (Å²) in [6.45, 7) is 1.56. The van der Waals surface area contributed by atoms with Gasteiger partial charge in [-0.05, 0) is 48.9 Å². The average Bonchev–Trinajstić information content (AvgIpc) is 2.73. The van der Waals surface area contributed by atoms with E-state index in [9.17, 15) is 13.2 Å². The second kappa shape index (κ2) is 9.30. The topological polar surface area (TPSA) is 70.6 Å². The molecule has 28 heavy (non-hydrogen) atoms. The van der Waals surface area contributed by atoms with E-state index in [-0.39, 0.29) is 11.8 Å². The van der Waals surface area contributed by atoms with Gasteiger partial charge >= 0.3 is 0 Å². The Labute approximate surface area is 167 Å². The lowest BCUT2D eigenvalue weighted by atomic mass is 9.94. The largest absolute Gasteiger partial charge is 0.341 e. The average molecular weight is 402 g/mol. The first-order chi connectivity index (χ1) is 13.5. The van der Waals surface area contributed by atoms with Crippen LogP contribution in [-0.4, -0.2) is 48.7 Å². The van der Waals surface area contributed by atoms with Crippen LogP contribution in [0.5, 0.6) is 0 Å². The second-order valence-corrected chi connectivity index (χ2v) is 9.27. The van der Waals surface area contributed by atoms with E-state index in [2.05, 4.69) is 4.98 Å². The maximum absolute atomic E-state index is 12.8. The zero-order valence-corrected chi connectivity index (χ0v) is 17.0. The van der Waals surface area contributed by atoms with Crippen molar-refractivity contribution >= 4 is 15.9 Å². The summed E-state index contributed by atoms with van der Waals surface area (Å²) in [5.74, 6) is 0.287. The van der Waals surface area contributed by atoms with E-state index in [1.165, 1.54) is 0 Å². The molecule has 0 bridgehead atoms. The van der Waals surface area contributed by atoms with Gasteiger partial charge in [-0.25, -0.2) is 8.42 Å². The number of benzene rings is 1. The highest BCUT2D eigenvalue weighted by atomic mass is 32.2. The van der Waals surface area contributed by atoms with Gasteiger partial charge in [0.2, 0.25) is 15.9 Å². The van der Waals surface area contributed by atoms with Crippen LogP contribution in [0.3, 0.4) is 0 Å². The highest BCUT2D eigenvalue weighted by molar-refractivity contribution is 7.89. The van der Waals surface area contributed by atoms with Gasteiger partial charge in [-0.1, -0.05) is 24.3 Å². The van der Waals surface area contributed by atoms with Crippen molar-refractivity contribution in [3.63, 3.8) is 0 Å². The van der Waals surface area contributed by atoms with Crippen LogP contribution in [0.1, 0.15) is 31.2 Å². The first kappa shape index (κ1) is 20.5. The standard InChI is InChI=1S/C21H27N3O3S/c1-23(16-19-7-5-13-22-15-19)21(25)12-11-18-8-6-14-24(17-18)28(26,27)20-9-3-2-4-10-20/h2-5,7,9-10,13,15,18H,6,8,11-12,14,16-17H2,1H3. The lowest BCUT2D eigenvalue weighted by Crippen LogP contribution is -2.40. The van der Waals surface area contributed by atoms with Crippen LogP contribution in [-0.2, 0) is 21.4 Å². The summed E-state index contributed by atoms with van der Waals surface area (Å²) in [7, 11) is -1.67. The van der Waals surface area contributed by atoms with Gasteiger partial charge in [-0.15, -0.1) is 0 Å². The first-order valence-electron chi connectivity index (χ1n) is 9.65. The van der Waals surface area contributed by atoms with E-state index in [1.54, 1.807) is 52.9 Å². The minimum absolute atomic E-state index is 0.0758. The van der Waals surface area contributed by atoms with Crippen molar-refractivity contribution < 1.29 is 13.2 Å². The van der Waals surface area contributed by atoms with E-state index in [0.717, 1.165) is 18.4 Å². The van der Waals surface area contributed by atoms with E-state index in [1.807, 2.05) is 18.2 Å². The lowest BCUT2D eigenvalue weighted by Gasteiger charge is -2.32. The van der Waals surface area contributed by atoms with Crippen LogP contribution >= 0.6 is 0 Å². The van der Waals surface area contributed by atoms with Crippen LogP contribution in [0.2, 0.25) is 0 Å². The van der Waals surface area contributed by atoms with Crippen molar-refractivity contribution in [1.29, 1.82) is 0 Å². The van der Waals surface area contributed by atoms with Crippen LogP contribution in [0.15, 0.2) is 59.8 Å². The zero-order chi connectivity index (χ0) is 20.0. The van der Waals surface area contributed by atoms with Gasteiger partial charge in [0.1, 0.15) is 0 Å². The van der Waals surface area contributed by atoms with Crippen LogP contribution < -0.4 is 0 Å². The molecular formula is C21H27N3O3S. The number of nitrogens with zero attached hydrogens (tertiary/aromatic N) is 3. The Balaban J connectivity index is 1.53. The van der Waals surface area contributed by atoms with E-state index in [0.29, 0.717) is 37.4 Å². The Hall–Kier alpha value is -2.25. The molecule has 0 aliphatic carbocycles. The van der Waals surface area contributed by atoms with Gasteiger partial charge in [-0.2, -0.15) is 4.31 Å². The number of pyridine rings is 1. The fourth-order valence-electron chi connectivity index (χ4n) is 3.59. The van der Waals surface area contributed by atoms with Crippen molar-refractivity contribution in [3.8, 4) is 0 Å². The predicted octanol–water partition coefficient (Wildman–Crippen LogP) is 2.92. The molecular weight excluding hydrogens is 374 g/mol. The molecule has 0 N–H and O–H groups in total. The number of hydrogen-bond acceptors (Lipinski definition) is 4. The summed E-state index contributed by atoms with van der Waals surface area (Å²) < 4.78 is 27.2. The van der Waals surface area contributed by atoms with Crippen molar-refractivity contribution in [2.75, 3.05) is 20.1 Å². The van der Waals surface area contributed by atoms with Gasteiger partial charge in [0.05, 0.1) is 4.90 Å². The number of carbonyl (C=O) groups excluding carboxylic acids is 1. The van der Waals surface area contributed by atoms with Crippen molar-refractivity contribution in [2.45, 2.75) is 37.1 Å². The Morgan fingerprint density at radius 3 is 2.71 bits per heavy atom. The molecule has 1 aliphatic rings. The summed E-state index contributed by atoms with van der Waals surface area (Å²) in [5, 5.41) is 0. The maximum Gasteiger partial charge on any atom is 0.243 e. The lowest BCUT2D eigenvalue weighted by molar-refractivity contribution is -0.130. The number of hydrogen-bond donors (Lipinski definition) is 0. The summed E-state index contributed by atoms with van der Waals surface area (Å²) >= 11 is 0. The molecule has 2 heterocycles. The maximum atomic E-state index is 12.8. The van der Waals surface area contributed by atoms with Gasteiger partial charge in [0, 0.05) is 45.5 Å². The quantitative estimate of drug-likeness (QED) is 0.715. The number of aromatic nitrogens is 1. The number of amides is 1. The molecule has 0 radical (unpaired) electrons. The van der Waals surface area contributed by atoms with Crippen LogP contribution in [0.25, 0.3) is 0 Å². The summed E-state index contributed by atoms with van der Waals surface area (Å²) in [4.78, 5) is 18.6. The monoisotopic (exact) mass is 401 g/mol. The van der Waals surface area contributed by atoms with E-state index in [4.69, 9.17) is 0 Å². The van der Waals surface area contributed by atoms with Crippen molar-refractivity contribution in [1.82, 2.24) is 14.2 Å². The molecule has 7 heteroatoms. The minimum atomic E-state index is -3.46. The van der Waals surface area contributed by atoms with Gasteiger partial charge in [-0.3, -0.25) is 9.78 Å².